The molecule has 26 heteroatoms. The van der Waals surface area contributed by atoms with Crippen LogP contribution in [0.15, 0.2) is 42.0 Å². The van der Waals surface area contributed by atoms with Gasteiger partial charge in [-0.2, -0.15) is 0 Å². The van der Waals surface area contributed by atoms with Crippen molar-refractivity contribution >= 4 is 24.0 Å². The van der Waals surface area contributed by atoms with Crippen LogP contribution in [-0.2, 0) is 52.3 Å². The maximum atomic E-state index is 15.6. The number of aliphatic hydroxyl groups is 13. The largest absolute Gasteiger partial charge is 0.481 e. The molecular formula is C62H90O26. The molecule has 0 aromatic heterocycles. The number of hydrogen-bond acceptors (Lipinski definition) is 25. The van der Waals surface area contributed by atoms with E-state index in [9.17, 15) is 81.1 Å². The van der Waals surface area contributed by atoms with Gasteiger partial charge in [-0.25, -0.2) is 4.79 Å². The molecule has 8 fully saturated rings. The first-order chi connectivity index (χ1) is 41.3. The van der Waals surface area contributed by atoms with Gasteiger partial charge in [-0.05, 0) is 135 Å². The van der Waals surface area contributed by atoms with Gasteiger partial charge < -0.3 is 114 Å². The summed E-state index contributed by atoms with van der Waals surface area (Å²) in [6, 6.07) is 5.93. The van der Waals surface area contributed by atoms with Gasteiger partial charge in [0.2, 0.25) is 12.6 Å². The van der Waals surface area contributed by atoms with Gasteiger partial charge in [0.25, 0.3) is 0 Å². The number of fused-ring (bicyclic) bond motifs is 7. The van der Waals surface area contributed by atoms with Gasteiger partial charge in [0, 0.05) is 6.08 Å². The summed E-state index contributed by atoms with van der Waals surface area (Å²) in [7, 11) is 0. The summed E-state index contributed by atoms with van der Waals surface area (Å²) < 4.78 is 53.4. The molecule has 1 aromatic rings. The van der Waals surface area contributed by atoms with Crippen LogP contribution in [0.5, 0.6) is 5.75 Å². The standard InChI is InChI=1S/C62H90O26/c1-27-39(68)42(71)45(74)51(81-27)87-50-32(65)23-58(4)36-14-13-30-31-22-57(2,3)18-20-62(31,21-19-59(30,5)60(36,6)17-16-37(58)61(50,7)55(77)78)56(79)88-54-49(48(33(66)26-80-54)86-53-47(76)44(73)41(70)35(25-64)84-53)85-38(67)15-10-28-8-11-29(12-9-28)82-52-46(75)43(72)40(69)34(24-63)83-52/h8-13,15,27,31-37,39-54,63-66,68-76H,14,16-26H2,1-7H3,(H,77,78)/b15-10+. The molecule has 10 rings (SSSR count). The Bertz CT molecular complexity index is 2740. The molecule has 494 valence electrons. The highest BCUT2D eigenvalue weighted by atomic mass is 16.8. The molecule has 29 unspecified atom stereocenters. The Hall–Kier alpha value is -3.85. The summed E-state index contributed by atoms with van der Waals surface area (Å²) in [5.41, 5.74) is -3.57. The molecule has 4 saturated carbocycles. The summed E-state index contributed by atoms with van der Waals surface area (Å²) in [6.07, 6.45) is -24.9. The highest BCUT2D eigenvalue weighted by Crippen LogP contribution is 2.76. The molecule has 9 aliphatic rings. The highest BCUT2D eigenvalue weighted by molar-refractivity contribution is 5.87. The van der Waals surface area contributed by atoms with Gasteiger partial charge in [0.1, 0.15) is 91.2 Å². The summed E-state index contributed by atoms with van der Waals surface area (Å²) in [5.74, 6) is -3.93. The molecular weight excluding hydrogens is 1160 g/mol. The van der Waals surface area contributed by atoms with Crippen LogP contribution < -0.4 is 4.74 Å². The molecule has 29 atom stereocenters. The second kappa shape index (κ2) is 24.9. The van der Waals surface area contributed by atoms with E-state index in [4.69, 9.17) is 42.6 Å². The van der Waals surface area contributed by atoms with E-state index in [-0.39, 0.29) is 23.5 Å². The minimum Gasteiger partial charge on any atom is -0.481 e. The lowest BCUT2D eigenvalue weighted by Gasteiger charge is -2.71. The Labute approximate surface area is 509 Å². The van der Waals surface area contributed by atoms with Crippen LogP contribution >= 0.6 is 0 Å². The summed E-state index contributed by atoms with van der Waals surface area (Å²) in [4.78, 5) is 43.5. The fraction of sp³-hybridized carbons (Fsp3) is 0.790. The van der Waals surface area contributed by atoms with Crippen LogP contribution in [0.1, 0.15) is 112 Å². The third kappa shape index (κ3) is 11.4. The zero-order chi connectivity index (χ0) is 64.1. The predicted molar refractivity (Wildman–Crippen MR) is 300 cm³/mol. The number of hydrogen-bond donors (Lipinski definition) is 14. The number of ether oxygens (including phenoxy) is 9. The van der Waals surface area contributed by atoms with Crippen molar-refractivity contribution in [2.75, 3.05) is 19.8 Å². The molecule has 88 heavy (non-hydrogen) atoms. The van der Waals surface area contributed by atoms with E-state index < -0.39 is 206 Å². The minimum atomic E-state index is -1.95. The maximum Gasteiger partial charge on any atom is 0.331 e. The number of carboxylic acid groups (broad SMARTS) is 1. The second-order valence-corrected chi connectivity index (χ2v) is 28.1. The lowest BCUT2D eigenvalue weighted by atomic mass is 9.33. The fourth-order valence-corrected chi connectivity index (χ4v) is 17.2. The van der Waals surface area contributed by atoms with Crippen LogP contribution in [0.4, 0.5) is 0 Å². The Balaban J connectivity index is 0.915. The average Bonchev–Trinajstić information content (AvgIpc) is 0.824. The lowest BCUT2D eigenvalue weighted by Crippen LogP contribution is -2.70. The third-order valence-electron chi connectivity index (χ3n) is 22.6. The van der Waals surface area contributed by atoms with Gasteiger partial charge in [-0.3, -0.25) is 9.59 Å². The maximum absolute atomic E-state index is 15.6. The molecule has 4 heterocycles. The summed E-state index contributed by atoms with van der Waals surface area (Å²) in [6.45, 7) is 11.8. The lowest BCUT2D eigenvalue weighted by molar-refractivity contribution is -0.347. The first kappa shape index (κ1) is 67.1. The molecule has 1 aromatic carbocycles. The van der Waals surface area contributed by atoms with E-state index in [2.05, 4.69) is 33.8 Å². The van der Waals surface area contributed by atoms with Crippen LogP contribution in [0, 0.1) is 50.2 Å². The SMILES string of the molecule is CC1OC(OC2C(O)CC3(C)C(CCC4(C)C3CC=C3C5CC(C)(C)CCC5(C(=O)OC5OCC(O)C(OC6OC(CO)C(O)C(O)C6O)C5OC(=O)/C=C/c5ccc(OC6OC(CO)C(O)C(O)C6O)cc5)CCC34C)C2(C)C(=O)O)C(O)C(O)C1O. The van der Waals surface area contributed by atoms with Crippen LogP contribution in [0.2, 0.25) is 0 Å². The number of esters is 2. The van der Waals surface area contributed by atoms with Gasteiger partial charge in [-0.15, -0.1) is 0 Å². The number of carbonyl (C=O) groups is 3. The molecule has 5 aliphatic carbocycles. The number of carboxylic acids is 1. The zero-order valence-corrected chi connectivity index (χ0v) is 50.5. The van der Waals surface area contributed by atoms with E-state index in [0.717, 1.165) is 11.6 Å². The Morgan fingerprint density at radius 3 is 1.84 bits per heavy atom. The quantitative estimate of drug-likeness (QED) is 0.0473. The first-order valence-electron chi connectivity index (χ1n) is 30.7. The molecule has 4 saturated heterocycles. The molecule has 0 radical (unpaired) electrons. The minimum absolute atomic E-state index is 0.138. The first-order valence-corrected chi connectivity index (χ1v) is 30.7. The van der Waals surface area contributed by atoms with Crippen molar-refractivity contribution < 1.29 is 129 Å². The summed E-state index contributed by atoms with van der Waals surface area (Å²) in [5, 5.41) is 150. The number of benzene rings is 1. The molecule has 14 N–H and O–H groups in total. The van der Waals surface area contributed by atoms with Gasteiger partial charge in [0.05, 0.1) is 42.9 Å². The molecule has 26 nitrogen and oxygen atoms in total. The number of aliphatic hydroxyl groups excluding tert-OH is 13. The molecule has 0 amide bonds. The van der Waals surface area contributed by atoms with E-state index in [1.54, 1.807) is 6.92 Å². The normalized spacial score (nSPS) is 49.2. The van der Waals surface area contributed by atoms with Crippen molar-refractivity contribution in [3.8, 4) is 5.75 Å². The zero-order valence-electron chi connectivity index (χ0n) is 50.5. The van der Waals surface area contributed by atoms with Crippen molar-refractivity contribution in [1.82, 2.24) is 0 Å². The Kier molecular flexibility index (Phi) is 19.0. The summed E-state index contributed by atoms with van der Waals surface area (Å²) >= 11 is 0. The van der Waals surface area contributed by atoms with Crippen molar-refractivity contribution in [3.05, 3.63) is 47.6 Å². The van der Waals surface area contributed by atoms with Gasteiger partial charge in [0.15, 0.2) is 18.7 Å². The number of rotatable bonds is 14. The van der Waals surface area contributed by atoms with Crippen LogP contribution in [0.25, 0.3) is 6.08 Å². The Morgan fingerprint density at radius 1 is 0.625 bits per heavy atom. The number of aliphatic carboxylic acids is 1. The van der Waals surface area contributed by atoms with E-state index in [1.165, 1.54) is 37.3 Å². The third-order valence-corrected chi connectivity index (χ3v) is 22.6. The highest BCUT2D eigenvalue weighted by Gasteiger charge is 2.73. The van der Waals surface area contributed by atoms with Crippen molar-refractivity contribution in [3.63, 3.8) is 0 Å². The van der Waals surface area contributed by atoms with Gasteiger partial charge >= 0.3 is 17.9 Å². The second-order valence-electron chi connectivity index (χ2n) is 28.1. The van der Waals surface area contributed by atoms with E-state index >= 15 is 4.79 Å². The number of carbonyl (C=O) groups excluding carboxylic acids is 2. The van der Waals surface area contributed by atoms with Crippen molar-refractivity contribution in [2.24, 2.45) is 50.2 Å². The van der Waals surface area contributed by atoms with Crippen LogP contribution in [-0.4, -0.2) is 238 Å². The average molecular weight is 1250 g/mol. The smallest absolute Gasteiger partial charge is 0.331 e. The van der Waals surface area contributed by atoms with E-state index in [0.29, 0.717) is 56.9 Å². The molecule has 0 spiro atoms. The van der Waals surface area contributed by atoms with Crippen LogP contribution in [0.3, 0.4) is 0 Å². The predicted octanol–water partition coefficient (Wildman–Crippen LogP) is -0.714. The van der Waals surface area contributed by atoms with Crippen molar-refractivity contribution in [1.29, 1.82) is 0 Å². The van der Waals surface area contributed by atoms with Gasteiger partial charge in [-0.1, -0.05) is 58.4 Å². The molecule has 4 aliphatic heterocycles. The fourth-order valence-electron chi connectivity index (χ4n) is 17.2. The number of allylic oxidation sites excluding steroid dienone is 2. The van der Waals surface area contributed by atoms with E-state index in [1.807, 2.05) is 6.92 Å². The topological polar surface area (TPSA) is 418 Å². The monoisotopic (exact) mass is 1250 g/mol. The Morgan fingerprint density at radius 2 is 1.22 bits per heavy atom. The van der Waals surface area contributed by atoms with Crippen molar-refractivity contribution in [2.45, 2.75) is 235 Å². The molecule has 0 bridgehead atoms.